The van der Waals surface area contributed by atoms with Crippen molar-refractivity contribution >= 4 is 17.6 Å². The van der Waals surface area contributed by atoms with E-state index >= 15 is 0 Å². The van der Waals surface area contributed by atoms with Crippen LogP contribution in [0.3, 0.4) is 0 Å². The number of nitrogens with one attached hydrogen (secondary N) is 1. The van der Waals surface area contributed by atoms with Crippen molar-refractivity contribution in [3.63, 3.8) is 0 Å². The second-order valence-corrected chi connectivity index (χ2v) is 8.59. The Kier molecular flexibility index (Phi) is 5.75. The molecule has 0 radical (unpaired) electrons. The Bertz CT molecular complexity index is 1110. The minimum Gasteiger partial charge on any atom is -0.493 e. The molecule has 1 aromatic carbocycles. The van der Waals surface area contributed by atoms with Gasteiger partial charge in [0, 0.05) is 44.6 Å². The van der Waals surface area contributed by atoms with Gasteiger partial charge in [-0.3, -0.25) is 14.0 Å². The van der Waals surface area contributed by atoms with Crippen LogP contribution in [0.15, 0.2) is 42.9 Å². The molecule has 8 heteroatoms. The third-order valence-corrected chi connectivity index (χ3v) is 6.20. The maximum atomic E-state index is 12.9. The smallest absolute Gasteiger partial charge is 0.274 e. The number of hydrogen-bond acceptors (Lipinski definition) is 5. The third-order valence-electron chi connectivity index (χ3n) is 6.20. The summed E-state index contributed by atoms with van der Waals surface area (Å²) < 4.78 is 7.40. The lowest BCUT2D eigenvalue weighted by atomic mass is 9.94. The van der Waals surface area contributed by atoms with Crippen LogP contribution in [0.5, 0.6) is 5.75 Å². The van der Waals surface area contributed by atoms with E-state index in [0.717, 1.165) is 43.6 Å². The predicted molar refractivity (Wildman–Crippen MR) is 118 cm³/mol. The van der Waals surface area contributed by atoms with E-state index in [0.29, 0.717) is 37.5 Å². The summed E-state index contributed by atoms with van der Waals surface area (Å²) in [6.07, 6.45) is 9.50. The maximum Gasteiger partial charge on any atom is 0.274 e. The average molecular weight is 434 g/mol. The first-order chi connectivity index (χ1) is 15.7. The second kappa shape index (κ2) is 8.98. The largest absolute Gasteiger partial charge is 0.493 e. The fourth-order valence-corrected chi connectivity index (χ4v) is 4.57. The molecule has 5 rings (SSSR count). The predicted octanol–water partition coefficient (Wildman–Crippen LogP) is 2.61. The van der Waals surface area contributed by atoms with Crippen LogP contribution >= 0.6 is 0 Å². The van der Waals surface area contributed by atoms with Crippen molar-refractivity contribution < 1.29 is 14.3 Å². The summed E-state index contributed by atoms with van der Waals surface area (Å²) in [6, 6.07) is 7.93. The van der Waals surface area contributed by atoms with E-state index in [2.05, 4.69) is 21.4 Å². The number of aryl methyl sites for hydroxylation is 1. The SMILES string of the molecule is O=C(CC1CCCN(C(=O)c2cn3cccnc3n2)C1)NCc1ccc2c(c1)CCCO2. The number of fused-ring (bicyclic) bond motifs is 2. The molecule has 1 unspecified atom stereocenters. The Balaban J connectivity index is 1.15. The molecule has 32 heavy (non-hydrogen) atoms. The molecule has 0 bridgehead atoms. The summed E-state index contributed by atoms with van der Waals surface area (Å²) in [5, 5.41) is 3.04. The number of benzene rings is 1. The fourth-order valence-electron chi connectivity index (χ4n) is 4.57. The highest BCUT2D eigenvalue weighted by Gasteiger charge is 2.27. The zero-order valence-corrected chi connectivity index (χ0v) is 18.0. The van der Waals surface area contributed by atoms with Gasteiger partial charge in [0.25, 0.3) is 5.91 Å². The molecule has 166 valence electrons. The zero-order valence-electron chi connectivity index (χ0n) is 18.0. The minimum absolute atomic E-state index is 0.0233. The molecular weight excluding hydrogens is 406 g/mol. The Hall–Kier alpha value is -3.42. The Morgan fingerprint density at radius 3 is 3.09 bits per heavy atom. The van der Waals surface area contributed by atoms with Gasteiger partial charge < -0.3 is 15.0 Å². The van der Waals surface area contributed by atoms with Crippen LogP contribution in [0, 0.1) is 5.92 Å². The lowest BCUT2D eigenvalue weighted by molar-refractivity contribution is -0.122. The third kappa shape index (κ3) is 4.44. The number of ether oxygens (including phenoxy) is 1. The molecule has 1 fully saturated rings. The molecule has 0 saturated carbocycles. The lowest BCUT2D eigenvalue weighted by Gasteiger charge is -2.32. The molecule has 1 saturated heterocycles. The average Bonchev–Trinajstić information content (AvgIpc) is 3.27. The first kappa shape index (κ1) is 20.5. The van der Waals surface area contributed by atoms with Gasteiger partial charge in [0.2, 0.25) is 11.7 Å². The number of aromatic nitrogens is 3. The number of piperidine rings is 1. The van der Waals surface area contributed by atoms with Crippen LogP contribution in [-0.2, 0) is 17.8 Å². The molecule has 1 N–H and O–H groups in total. The normalized spacial score (nSPS) is 18.1. The molecule has 2 aromatic heterocycles. The summed E-state index contributed by atoms with van der Waals surface area (Å²) in [4.78, 5) is 35.8. The van der Waals surface area contributed by atoms with E-state index in [1.54, 1.807) is 22.9 Å². The summed E-state index contributed by atoms with van der Waals surface area (Å²) in [6.45, 7) is 2.55. The van der Waals surface area contributed by atoms with Crippen molar-refractivity contribution in [3.8, 4) is 5.75 Å². The van der Waals surface area contributed by atoms with Gasteiger partial charge in [-0.15, -0.1) is 0 Å². The number of imidazole rings is 1. The van der Waals surface area contributed by atoms with Gasteiger partial charge in [0.1, 0.15) is 11.4 Å². The standard InChI is InChI=1S/C24H27N5O3/c30-22(26-14-17-6-7-21-19(12-17)5-2-11-32-21)13-18-4-1-9-28(15-18)23(31)20-16-29-10-3-8-25-24(29)27-20/h3,6-8,10,12,16,18H,1-2,4-5,9,11,13-15H2,(H,26,30). The van der Waals surface area contributed by atoms with E-state index in [4.69, 9.17) is 4.74 Å². The molecule has 0 spiro atoms. The number of carbonyl (C=O) groups excluding carboxylic acids is 2. The Labute approximate surface area is 186 Å². The molecule has 2 amide bonds. The Morgan fingerprint density at radius 2 is 2.19 bits per heavy atom. The number of hydrogen-bond donors (Lipinski definition) is 1. The van der Waals surface area contributed by atoms with Crippen LogP contribution in [0.1, 0.15) is 47.3 Å². The topological polar surface area (TPSA) is 88.8 Å². The van der Waals surface area contributed by atoms with Crippen molar-refractivity contribution in [1.82, 2.24) is 24.6 Å². The Morgan fingerprint density at radius 1 is 1.25 bits per heavy atom. The summed E-state index contributed by atoms with van der Waals surface area (Å²) >= 11 is 0. The molecule has 2 aliphatic rings. The zero-order chi connectivity index (χ0) is 21.9. The molecule has 2 aliphatic heterocycles. The summed E-state index contributed by atoms with van der Waals surface area (Å²) in [5.74, 6) is 1.55. The van der Waals surface area contributed by atoms with Crippen LogP contribution in [0.4, 0.5) is 0 Å². The lowest BCUT2D eigenvalue weighted by Crippen LogP contribution is -2.41. The van der Waals surface area contributed by atoms with E-state index in [9.17, 15) is 9.59 Å². The van der Waals surface area contributed by atoms with Gasteiger partial charge in [-0.1, -0.05) is 12.1 Å². The van der Waals surface area contributed by atoms with Crippen LogP contribution in [0.25, 0.3) is 5.78 Å². The van der Waals surface area contributed by atoms with Gasteiger partial charge in [-0.2, -0.15) is 0 Å². The van der Waals surface area contributed by atoms with Crippen LogP contribution in [0.2, 0.25) is 0 Å². The van der Waals surface area contributed by atoms with E-state index in [-0.39, 0.29) is 17.7 Å². The van der Waals surface area contributed by atoms with Gasteiger partial charge >= 0.3 is 0 Å². The van der Waals surface area contributed by atoms with Crippen molar-refractivity contribution in [1.29, 1.82) is 0 Å². The highest BCUT2D eigenvalue weighted by molar-refractivity contribution is 5.92. The molecule has 3 aromatic rings. The molecule has 8 nitrogen and oxygen atoms in total. The van der Waals surface area contributed by atoms with E-state index in [1.807, 2.05) is 23.2 Å². The second-order valence-electron chi connectivity index (χ2n) is 8.59. The van der Waals surface area contributed by atoms with Crippen LogP contribution in [-0.4, -0.2) is 50.8 Å². The fraction of sp³-hybridized carbons (Fsp3) is 0.417. The highest BCUT2D eigenvalue weighted by atomic mass is 16.5. The van der Waals surface area contributed by atoms with Crippen molar-refractivity contribution in [2.45, 2.75) is 38.6 Å². The van der Waals surface area contributed by atoms with Gasteiger partial charge in [0.15, 0.2) is 0 Å². The minimum atomic E-state index is -0.100. The molecular formula is C24H27N5O3. The number of nitrogens with zero attached hydrogens (tertiary/aromatic N) is 4. The van der Waals surface area contributed by atoms with Gasteiger partial charge in [0.05, 0.1) is 6.61 Å². The van der Waals surface area contributed by atoms with Crippen molar-refractivity contribution in [3.05, 3.63) is 59.7 Å². The van der Waals surface area contributed by atoms with Crippen molar-refractivity contribution in [2.24, 2.45) is 5.92 Å². The van der Waals surface area contributed by atoms with E-state index < -0.39 is 0 Å². The summed E-state index contributed by atoms with van der Waals surface area (Å²) in [5.41, 5.74) is 2.69. The first-order valence-electron chi connectivity index (χ1n) is 11.3. The van der Waals surface area contributed by atoms with Gasteiger partial charge in [-0.05, 0) is 54.9 Å². The van der Waals surface area contributed by atoms with Crippen LogP contribution < -0.4 is 10.1 Å². The maximum absolute atomic E-state index is 12.9. The number of rotatable bonds is 5. The quantitative estimate of drug-likeness (QED) is 0.668. The number of amides is 2. The first-order valence-corrected chi connectivity index (χ1v) is 11.3. The van der Waals surface area contributed by atoms with Gasteiger partial charge in [-0.25, -0.2) is 9.97 Å². The molecule has 1 atom stereocenters. The van der Waals surface area contributed by atoms with Crippen molar-refractivity contribution in [2.75, 3.05) is 19.7 Å². The monoisotopic (exact) mass is 433 g/mol. The summed E-state index contributed by atoms with van der Waals surface area (Å²) in [7, 11) is 0. The number of carbonyl (C=O) groups is 2. The molecule has 0 aliphatic carbocycles. The highest BCUT2D eigenvalue weighted by Crippen LogP contribution is 2.26. The van der Waals surface area contributed by atoms with E-state index in [1.165, 1.54) is 5.56 Å². The molecule has 4 heterocycles. The number of likely N-dealkylation sites (tertiary alicyclic amines) is 1.